The van der Waals surface area contributed by atoms with E-state index in [2.05, 4.69) is 0 Å². The molecule has 2 N–H and O–H groups in total. The fourth-order valence-corrected chi connectivity index (χ4v) is 0.903. The fourth-order valence-electron chi connectivity index (χ4n) is 0.903. The Morgan fingerprint density at radius 1 is 1.55 bits per heavy atom. The highest BCUT2D eigenvalue weighted by Crippen LogP contribution is 2.36. The number of alkyl halides is 3. The molecule has 0 spiro atoms. The van der Waals surface area contributed by atoms with Crippen LogP contribution in [0.1, 0.15) is 19.8 Å². The molecule has 1 unspecified atom stereocenters. The summed E-state index contributed by atoms with van der Waals surface area (Å²) in [6.45, 7) is 1.83. The molecule has 1 rings (SSSR count). The lowest BCUT2D eigenvalue weighted by molar-refractivity contribution is -0.147. The summed E-state index contributed by atoms with van der Waals surface area (Å²) in [5.41, 5.74) is 6.82. The molecular formula is C7H10F3N. The molecule has 0 heterocycles. The lowest BCUT2D eigenvalue weighted by Crippen LogP contribution is -2.36. The standard InChI is InChI=1S/C7H10F3N/c1-4-2-5(4)3-6(11)7(8,9)10/h6H,2-3,11H2,1H3. The first-order valence-corrected chi connectivity index (χ1v) is 3.41. The number of hydrogen-bond acceptors (Lipinski definition) is 1. The molecule has 0 bridgehead atoms. The lowest BCUT2D eigenvalue weighted by Gasteiger charge is -2.13. The number of halogens is 3. The Kier molecular flexibility index (Phi) is 1.96. The van der Waals surface area contributed by atoms with Gasteiger partial charge in [-0.3, -0.25) is 0 Å². The van der Waals surface area contributed by atoms with Crippen LogP contribution in [-0.2, 0) is 0 Å². The fraction of sp³-hybridized carbons (Fsp3) is 0.714. The molecular weight excluding hydrogens is 155 g/mol. The molecule has 0 fully saturated rings. The monoisotopic (exact) mass is 165 g/mol. The van der Waals surface area contributed by atoms with E-state index in [1.807, 2.05) is 6.92 Å². The molecule has 4 heteroatoms. The number of hydrogen-bond donors (Lipinski definition) is 1. The predicted molar refractivity (Wildman–Crippen MR) is 36.0 cm³/mol. The Hall–Kier alpha value is -0.510. The van der Waals surface area contributed by atoms with Crippen LogP contribution in [0.5, 0.6) is 0 Å². The highest BCUT2D eigenvalue weighted by Gasteiger charge is 2.38. The van der Waals surface area contributed by atoms with Gasteiger partial charge in [0.1, 0.15) is 6.04 Å². The quantitative estimate of drug-likeness (QED) is 0.622. The van der Waals surface area contributed by atoms with Crippen molar-refractivity contribution in [3.8, 4) is 0 Å². The van der Waals surface area contributed by atoms with E-state index < -0.39 is 12.2 Å². The van der Waals surface area contributed by atoms with Crippen molar-refractivity contribution < 1.29 is 13.2 Å². The summed E-state index contributed by atoms with van der Waals surface area (Å²) in [5, 5.41) is 0. The smallest absolute Gasteiger partial charge is 0.320 e. The molecule has 0 saturated heterocycles. The largest absolute Gasteiger partial charge is 0.403 e. The number of nitrogens with two attached hydrogens (primary N) is 1. The molecule has 0 aliphatic heterocycles. The second kappa shape index (κ2) is 2.52. The van der Waals surface area contributed by atoms with Gasteiger partial charge in [0.25, 0.3) is 0 Å². The molecule has 64 valence electrons. The Bertz CT molecular complexity index is 192. The second-order valence-electron chi connectivity index (χ2n) is 2.91. The summed E-state index contributed by atoms with van der Waals surface area (Å²) in [6.07, 6.45) is -3.52. The highest BCUT2D eigenvalue weighted by atomic mass is 19.4. The summed E-state index contributed by atoms with van der Waals surface area (Å²) >= 11 is 0. The maximum Gasteiger partial charge on any atom is 0.403 e. The minimum atomic E-state index is -4.24. The maximum absolute atomic E-state index is 11.8. The normalized spacial score (nSPS) is 20.5. The molecule has 1 atom stereocenters. The van der Waals surface area contributed by atoms with Crippen molar-refractivity contribution >= 4 is 0 Å². The van der Waals surface area contributed by atoms with Gasteiger partial charge in [0.15, 0.2) is 0 Å². The minimum Gasteiger partial charge on any atom is -0.320 e. The van der Waals surface area contributed by atoms with Crippen LogP contribution in [0.15, 0.2) is 11.1 Å². The third-order valence-electron chi connectivity index (χ3n) is 1.84. The summed E-state index contributed by atoms with van der Waals surface area (Å²) in [5.74, 6) is 0. The maximum atomic E-state index is 11.8. The SMILES string of the molecule is CC1=C(CC(N)C(F)(F)F)C1. The van der Waals surface area contributed by atoms with Gasteiger partial charge in [-0.2, -0.15) is 13.2 Å². The van der Waals surface area contributed by atoms with Crippen molar-refractivity contribution in [1.82, 2.24) is 0 Å². The highest BCUT2D eigenvalue weighted by molar-refractivity contribution is 5.33. The van der Waals surface area contributed by atoms with E-state index >= 15 is 0 Å². The predicted octanol–water partition coefficient (Wildman–Crippen LogP) is 1.99. The van der Waals surface area contributed by atoms with Gasteiger partial charge >= 0.3 is 6.18 Å². The van der Waals surface area contributed by atoms with Crippen LogP contribution >= 0.6 is 0 Å². The molecule has 0 radical (unpaired) electrons. The van der Waals surface area contributed by atoms with Gasteiger partial charge in [0, 0.05) is 0 Å². The molecule has 0 amide bonds. The van der Waals surface area contributed by atoms with Crippen LogP contribution in [0.3, 0.4) is 0 Å². The van der Waals surface area contributed by atoms with Crippen LogP contribution < -0.4 is 5.73 Å². The van der Waals surface area contributed by atoms with Crippen molar-refractivity contribution in [1.29, 1.82) is 0 Å². The Morgan fingerprint density at radius 3 is 2.27 bits per heavy atom. The second-order valence-corrected chi connectivity index (χ2v) is 2.91. The molecule has 0 aromatic rings. The van der Waals surface area contributed by atoms with Gasteiger partial charge in [-0.05, 0) is 19.8 Å². The summed E-state index contributed by atoms with van der Waals surface area (Å²) in [7, 11) is 0. The Morgan fingerprint density at radius 2 is 2.00 bits per heavy atom. The Balaban J connectivity index is 2.38. The van der Waals surface area contributed by atoms with E-state index in [-0.39, 0.29) is 6.42 Å². The van der Waals surface area contributed by atoms with Gasteiger partial charge in [0.05, 0.1) is 0 Å². The van der Waals surface area contributed by atoms with Crippen molar-refractivity contribution in [2.24, 2.45) is 5.73 Å². The van der Waals surface area contributed by atoms with Crippen LogP contribution in [0, 0.1) is 0 Å². The van der Waals surface area contributed by atoms with E-state index in [0.717, 1.165) is 17.6 Å². The number of rotatable bonds is 2. The van der Waals surface area contributed by atoms with E-state index in [0.29, 0.717) is 0 Å². The minimum absolute atomic E-state index is 0.0185. The van der Waals surface area contributed by atoms with Gasteiger partial charge in [-0.15, -0.1) is 0 Å². The summed E-state index contributed by atoms with van der Waals surface area (Å²) in [4.78, 5) is 0. The molecule has 1 aliphatic carbocycles. The van der Waals surface area contributed by atoms with E-state index in [4.69, 9.17) is 5.73 Å². The first kappa shape index (κ1) is 8.59. The van der Waals surface area contributed by atoms with E-state index in [1.54, 1.807) is 0 Å². The molecule has 11 heavy (non-hydrogen) atoms. The lowest BCUT2D eigenvalue weighted by atomic mass is 10.2. The van der Waals surface area contributed by atoms with Crippen molar-refractivity contribution in [3.63, 3.8) is 0 Å². The Labute approximate surface area is 63.1 Å². The first-order chi connectivity index (χ1) is 4.91. The van der Waals surface area contributed by atoms with E-state index in [1.165, 1.54) is 0 Å². The van der Waals surface area contributed by atoms with Crippen molar-refractivity contribution in [2.75, 3.05) is 0 Å². The van der Waals surface area contributed by atoms with Gasteiger partial charge in [-0.1, -0.05) is 11.1 Å². The molecule has 0 saturated carbocycles. The average molecular weight is 165 g/mol. The van der Waals surface area contributed by atoms with Gasteiger partial charge in [-0.25, -0.2) is 0 Å². The third kappa shape index (κ3) is 2.22. The van der Waals surface area contributed by atoms with Crippen molar-refractivity contribution in [3.05, 3.63) is 11.1 Å². The van der Waals surface area contributed by atoms with Crippen LogP contribution in [0.2, 0.25) is 0 Å². The molecule has 0 aromatic carbocycles. The van der Waals surface area contributed by atoms with Crippen molar-refractivity contribution in [2.45, 2.75) is 32.0 Å². The molecule has 0 aromatic heterocycles. The average Bonchev–Trinajstić information content (AvgIpc) is 2.44. The zero-order chi connectivity index (χ0) is 8.65. The summed E-state index contributed by atoms with van der Waals surface area (Å²) in [6, 6.07) is -1.67. The first-order valence-electron chi connectivity index (χ1n) is 3.41. The summed E-state index contributed by atoms with van der Waals surface area (Å²) < 4.78 is 35.5. The van der Waals surface area contributed by atoms with Gasteiger partial charge < -0.3 is 5.73 Å². The van der Waals surface area contributed by atoms with Crippen LogP contribution in [0.25, 0.3) is 0 Å². The van der Waals surface area contributed by atoms with Crippen LogP contribution in [0.4, 0.5) is 13.2 Å². The van der Waals surface area contributed by atoms with Gasteiger partial charge in [0.2, 0.25) is 0 Å². The zero-order valence-corrected chi connectivity index (χ0v) is 6.20. The topological polar surface area (TPSA) is 26.0 Å². The van der Waals surface area contributed by atoms with Crippen LogP contribution in [-0.4, -0.2) is 12.2 Å². The number of allylic oxidation sites excluding steroid dienone is 1. The van der Waals surface area contributed by atoms with E-state index in [9.17, 15) is 13.2 Å². The third-order valence-corrected chi connectivity index (χ3v) is 1.84. The zero-order valence-electron chi connectivity index (χ0n) is 6.20. The molecule has 1 aliphatic rings. The molecule has 1 nitrogen and oxygen atoms in total.